The Kier molecular flexibility index (Phi) is 5.30. The smallest absolute Gasteiger partial charge is 0.319 e. The second kappa shape index (κ2) is 7.40. The first-order valence-corrected chi connectivity index (χ1v) is 7.00. The Balaban J connectivity index is 1.99. The van der Waals surface area contributed by atoms with Gasteiger partial charge < -0.3 is 15.4 Å². The van der Waals surface area contributed by atoms with Gasteiger partial charge >= 0.3 is 6.03 Å². The summed E-state index contributed by atoms with van der Waals surface area (Å²) in [6.45, 7) is 4.33. The number of aromatic nitrogens is 1. The third-order valence-electron chi connectivity index (χ3n) is 3.04. The number of nitrogens with zero attached hydrogens (tertiary/aromatic N) is 1. The molecule has 6 heteroatoms. The Morgan fingerprint density at radius 3 is 2.95 bits per heavy atom. The van der Waals surface area contributed by atoms with Crippen LogP contribution in [0.25, 0.3) is 0 Å². The molecule has 2 amide bonds. The van der Waals surface area contributed by atoms with E-state index < -0.39 is 11.8 Å². The lowest BCUT2D eigenvalue weighted by atomic mass is 10.1. The summed E-state index contributed by atoms with van der Waals surface area (Å²) in [5, 5.41) is 5.20. The number of carbonyl (C=O) groups is 1. The van der Waals surface area contributed by atoms with E-state index in [-0.39, 0.29) is 11.7 Å². The van der Waals surface area contributed by atoms with Crippen molar-refractivity contribution in [2.45, 2.75) is 19.9 Å². The van der Waals surface area contributed by atoms with Crippen LogP contribution in [-0.2, 0) is 0 Å². The summed E-state index contributed by atoms with van der Waals surface area (Å²) in [7, 11) is 0. The highest BCUT2D eigenvalue weighted by molar-refractivity contribution is 5.89. The minimum absolute atomic E-state index is 0.0859. The standard InChI is InChI=1S/C16H18FN3O2/c1-3-22-13-6-4-5-12(9-13)11(2)19-16(21)20-15-7-8-18-10-14(15)17/h4-11H,3H2,1-2H3,(H2,18,19,20,21)/t11-/m1/s1. The number of nitrogens with one attached hydrogen (secondary N) is 2. The van der Waals surface area contributed by atoms with Crippen LogP contribution in [0.1, 0.15) is 25.5 Å². The third kappa shape index (κ3) is 4.18. The van der Waals surface area contributed by atoms with Crippen molar-refractivity contribution in [1.82, 2.24) is 10.3 Å². The van der Waals surface area contributed by atoms with E-state index in [0.29, 0.717) is 6.61 Å². The highest BCUT2D eigenvalue weighted by Gasteiger charge is 2.12. The topological polar surface area (TPSA) is 63.2 Å². The van der Waals surface area contributed by atoms with Crippen molar-refractivity contribution in [1.29, 1.82) is 0 Å². The summed E-state index contributed by atoms with van der Waals surface area (Å²) >= 11 is 0. The molecule has 1 aromatic carbocycles. The van der Waals surface area contributed by atoms with Crippen LogP contribution in [-0.4, -0.2) is 17.6 Å². The summed E-state index contributed by atoms with van der Waals surface area (Å²) in [4.78, 5) is 15.5. The highest BCUT2D eigenvalue weighted by atomic mass is 19.1. The lowest BCUT2D eigenvalue weighted by molar-refractivity contribution is 0.249. The average molecular weight is 303 g/mol. The lowest BCUT2D eigenvalue weighted by Gasteiger charge is -2.16. The largest absolute Gasteiger partial charge is 0.494 e. The number of urea groups is 1. The molecule has 22 heavy (non-hydrogen) atoms. The van der Waals surface area contributed by atoms with Gasteiger partial charge in [-0.25, -0.2) is 9.18 Å². The van der Waals surface area contributed by atoms with Crippen molar-refractivity contribution in [3.63, 3.8) is 0 Å². The highest BCUT2D eigenvalue weighted by Crippen LogP contribution is 2.19. The van der Waals surface area contributed by atoms with E-state index >= 15 is 0 Å². The second-order valence-corrected chi connectivity index (χ2v) is 4.68. The Morgan fingerprint density at radius 2 is 2.23 bits per heavy atom. The van der Waals surface area contributed by atoms with E-state index in [2.05, 4.69) is 15.6 Å². The maximum Gasteiger partial charge on any atom is 0.319 e. The minimum Gasteiger partial charge on any atom is -0.494 e. The summed E-state index contributed by atoms with van der Waals surface area (Å²) in [5.41, 5.74) is 0.985. The number of benzene rings is 1. The van der Waals surface area contributed by atoms with Gasteiger partial charge in [-0.1, -0.05) is 12.1 Å². The minimum atomic E-state index is -0.580. The Labute approximate surface area is 128 Å². The predicted octanol–water partition coefficient (Wildman–Crippen LogP) is 3.50. The molecule has 0 radical (unpaired) electrons. The number of hydrogen-bond acceptors (Lipinski definition) is 3. The molecule has 2 aromatic rings. The Morgan fingerprint density at radius 1 is 1.41 bits per heavy atom. The SMILES string of the molecule is CCOc1cccc([C@@H](C)NC(=O)Nc2ccncc2F)c1. The Bertz CT molecular complexity index is 649. The number of pyridine rings is 1. The number of rotatable bonds is 5. The first-order valence-electron chi connectivity index (χ1n) is 7.00. The average Bonchev–Trinajstić information content (AvgIpc) is 2.50. The van der Waals surface area contributed by atoms with Crippen LogP contribution in [0.15, 0.2) is 42.7 Å². The molecule has 0 aliphatic carbocycles. The second-order valence-electron chi connectivity index (χ2n) is 4.68. The van der Waals surface area contributed by atoms with Crippen LogP contribution in [0.4, 0.5) is 14.9 Å². The molecule has 0 bridgehead atoms. The molecule has 2 rings (SSSR count). The van der Waals surface area contributed by atoms with E-state index in [1.807, 2.05) is 38.1 Å². The first-order chi connectivity index (χ1) is 10.6. The van der Waals surface area contributed by atoms with E-state index in [0.717, 1.165) is 17.5 Å². The van der Waals surface area contributed by atoms with Gasteiger partial charge in [0.1, 0.15) is 5.75 Å². The number of halogens is 1. The van der Waals surface area contributed by atoms with Gasteiger partial charge in [0.2, 0.25) is 0 Å². The molecule has 0 saturated carbocycles. The Hall–Kier alpha value is -2.63. The van der Waals surface area contributed by atoms with Gasteiger partial charge in [0.05, 0.1) is 24.5 Å². The molecule has 0 fully saturated rings. The van der Waals surface area contributed by atoms with Gasteiger partial charge in [-0.3, -0.25) is 4.98 Å². The maximum absolute atomic E-state index is 13.4. The van der Waals surface area contributed by atoms with Crippen LogP contribution in [0.5, 0.6) is 5.75 Å². The van der Waals surface area contributed by atoms with E-state index in [1.165, 1.54) is 12.3 Å². The molecule has 1 atom stereocenters. The monoisotopic (exact) mass is 303 g/mol. The molecule has 2 N–H and O–H groups in total. The molecular formula is C16H18FN3O2. The molecule has 1 aromatic heterocycles. The first kappa shape index (κ1) is 15.8. The zero-order valence-corrected chi connectivity index (χ0v) is 12.5. The maximum atomic E-state index is 13.4. The fourth-order valence-corrected chi connectivity index (χ4v) is 1.96. The fraction of sp³-hybridized carbons (Fsp3) is 0.250. The van der Waals surface area contributed by atoms with Gasteiger partial charge in [-0.2, -0.15) is 0 Å². The number of ether oxygens (including phenoxy) is 1. The van der Waals surface area contributed by atoms with Gasteiger partial charge in [-0.05, 0) is 37.6 Å². The van der Waals surface area contributed by atoms with Gasteiger partial charge in [0, 0.05) is 6.20 Å². The molecule has 0 saturated heterocycles. The summed E-state index contributed by atoms with van der Waals surface area (Å²) < 4.78 is 18.9. The van der Waals surface area contributed by atoms with E-state index in [1.54, 1.807) is 0 Å². The van der Waals surface area contributed by atoms with E-state index in [4.69, 9.17) is 4.74 Å². The molecule has 0 unspecified atom stereocenters. The molecule has 0 spiro atoms. The zero-order valence-electron chi connectivity index (χ0n) is 12.5. The van der Waals surface area contributed by atoms with Crippen molar-refractivity contribution in [2.75, 3.05) is 11.9 Å². The molecule has 116 valence electrons. The van der Waals surface area contributed by atoms with Crippen molar-refractivity contribution < 1.29 is 13.9 Å². The summed E-state index contributed by atoms with van der Waals surface area (Å²) in [5.74, 6) is 0.165. The fourth-order valence-electron chi connectivity index (χ4n) is 1.96. The molecule has 0 aliphatic rings. The quantitative estimate of drug-likeness (QED) is 0.888. The number of anilines is 1. The normalized spacial score (nSPS) is 11.6. The van der Waals surface area contributed by atoms with Crippen LogP contribution >= 0.6 is 0 Å². The zero-order chi connectivity index (χ0) is 15.9. The number of hydrogen-bond donors (Lipinski definition) is 2. The van der Waals surface area contributed by atoms with Gasteiger partial charge in [0.15, 0.2) is 5.82 Å². The third-order valence-corrected chi connectivity index (χ3v) is 3.04. The van der Waals surface area contributed by atoms with Crippen molar-refractivity contribution in [2.24, 2.45) is 0 Å². The van der Waals surface area contributed by atoms with Crippen molar-refractivity contribution in [3.05, 3.63) is 54.1 Å². The molecule has 1 heterocycles. The predicted molar refractivity (Wildman–Crippen MR) is 82.4 cm³/mol. The molecular weight excluding hydrogens is 285 g/mol. The van der Waals surface area contributed by atoms with Crippen molar-refractivity contribution in [3.8, 4) is 5.75 Å². The van der Waals surface area contributed by atoms with Crippen LogP contribution < -0.4 is 15.4 Å². The van der Waals surface area contributed by atoms with Crippen LogP contribution in [0, 0.1) is 5.82 Å². The van der Waals surface area contributed by atoms with Crippen molar-refractivity contribution >= 4 is 11.7 Å². The summed E-state index contributed by atoms with van der Waals surface area (Å²) in [6.07, 6.45) is 2.46. The van der Waals surface area contributed by atoms with E-state index in [9.17, 15) is 9.18 Å². The van der Waals surface area contributed by atoms with Gasteiger partial charge in [0.25, 0.3) is 0 Å². The summed E-state index contributed by atoms with van der Waals surface area (Å²) in [6, 6.07) is 8.13. The number of amides is 2. The lowest BCUT2D eigenvalue weighted by Crippen LogP contribution is -2.31. The van der Waals surface area contributed by atoms with Crippen LogP contribution in [0.2, 0.25) is 0 Å². The molecule has 5 nitrogen and oxygen atoms in total. The number of carbonyl (C=O) groups excluding carboxylic acids is 1. The molecule has 0 aliphatic heterocycles. The van der Waals surface area contributed by atoms with Gasteiger partial charge in [-0.15, -0.1) is 0 Å². The van der Waals surface area contributed by atoms with Crippen LogP contribution in [0.3, 0.4) is 0 Å².